The summed E-state index contributed by atoms with van der Waals surface area (Å²) in [6, 6.07) is 10.3. The molecule has 0 saturated heterocycles. The average Bonchev–Trinajstić information content (AvgIpc) is 2.43. The smallest absolute Gasteiger partial charge is 0.260 e. The van der Waals surface area contributed by atoms with Gasteiger partial charge in [-0.25, -0.2) is 4.98 Å². The lowest BCUT2D eigenvalue weighted by Crippen LogP contribution is -2.50. The van der Waals surface area contributed by atoms with Crippen molar-refractivity contribution in [2.24, 2.45) is 0 Å². The zero-order valence-corrected chi connectivity index (χ0v) is 16.9. The van der Waals surface area contributed by atoms with E-state index in [4.69, 9.17) is 4.43 Å². The zero-order chi connectivity index (χ0) is 16.5. The highest BCUT2D eigenvalue weighted by molar-refractivity contribution is 9.10. The molecule has 0 atom stereocenters. The third-order valence-corrected chi connectivity index (χ3v) is 11.2. The highest BCUT2D eigenvalue weighted by Gasteiger charge is 2.47. The molecule has 0 bridgehead atoms. The predicted octanol–water partition coefficient (Wildman–Crippen LogP) is 6.55. The van der Waals surface area contributed by atoms with Gasteiger partial charge in [-0.1, -0.05) is 65.8 Å². The minimum absolute atomic E-state index is 0.541. The van der Waals surface area contributed by atoms with Crippen LogP contribution in [0, 0.1) is 0 Å². The van der Waals surface area contributed by atoms with E-state index in [9.17, 15) is 0 Å². The number of nitrogens with zero attached hydrogens (tertiary/aromatic N) is 1. The summed E-state index contributed by atoms with van der Waals surface area (Å²) in [4.78, 5) is 4.66. The van der Waals surface area contributed by atoms with E-state index in [1.807, 2.05) is 6.07 Å². The Morgan fingerprint density at radius 3 is 2.05 bits per heavy atom. The van der Waals surface area contributed by atoms with Crippen LogP contribution < -0.4 is 4.43 Å². The molecule has 0 amide bonds. The largest absolute Gasteiger partial charge is 0.530 e. The van der Waals surface area contributed by atoms with Gasteiger partial charge in [-0.3, -0.25) is 0 Å². The number of benzene rings is 1. The second-order valence-corrected chi connectivity index (χ2v) is 13.0. The van der Waals surface area contributed by atoms with Gasteiger partial charge in [-0.05, 0) is 37.9 Å². The molecule has 2 nitrogen and oxygen atoms in total. The van der Waals surface area contributed by atoms with Crippen LogP contribution in [0.1, 0.15) is 41.5 Å². The molecule has 120 valence electrons. The molecule has 4 heteroatoms. The fourth-order valence-corrected chi connectivity index (χ4v) is 9.43. The van der Waals surface area contributed by atoms with Crippen molar-refractivity contribution in [2.45, 2.75) is 58.2 Å². The van der Waals surface area contributed by atoms with E-state index in [2.05, 4.69) is 86.7 Å². The monoisotopic (exact) mass is 379 g/mol. The highest BCUT2D eigenvalue weighted by atomic mass is 79.9. The molecule has 0 fully saturated rings. The van der Waals surface area contributed by atoms with Crippen LogP contribution in [0.5, 0.6) is 5.88 Å². The molecule has 2 rings (SSSR count). The lowest BCUT2D eigenvalue weighted by molar-refractivity contribution is 0.464. The molecule has 2 aromatic rings. The molecule has 0 aliphatic heterocycles. The maximum atomic E-state index is 6.67. The van der Waals surface area contributed by atoms with Crippen molar-refractivity contribution >= 4 is 35.0 Å². The zero-order valence-electron chi connectivity index (χ0n) is 14.4. The minimum atomic E-state index is -1.96. The summed E-state index contributed by atoms with van der Waals surface area (Å²) in [7, 11) is -1.96. The second-order valence-electron chi connectivity index (χ2n) is 6.89. The fraction of sp³-hybridized carbons (Fsp3) is 0.500. The Balaban J connectivity index is 2.51. The van der Waals surface area contributed by atoms with Crippen LogP contribution in [-0.2, 0) is 0 Å². The summed E-state index contributed by atoms with van der Waals surface area (Å²) in [5, 5.41) is 2.29. The van der Waals surface area contributed by atoms with Crippen molar-refractivity contribution in [3.05, 3.63) is 34.9 Å². The molecule has 1 heterocycles. The Morgan fingerprint density at radius 2 is 1.50 bits per heavy atom. The van der Waals surface area contributed by atoms with E-state index in [0.29, 0.717) is 16.6 Å². The molecule has 0 aliphatic carbocycles. The van der Waals surface area contributed by atoms with E-state index in [1.165, 1.54) is 5.39 Å². The van der Waals surface area contributed by atoms with Crippen LogP contribution in [0.3, 0.4) is 0 Å². The molecule has 22 heavy (non-hydrogen) atoms. The molecule has 1 aromatic heterocycles. The van der Waals surface area contributed by atoms with Gasteiger partial charge in [0.25, 0.3) is 8.32 Å². The minimum Gasteiger partial charge on any atom is -0.530 e. The predicted molar refractivity (Wildman–Crippen MR) is 101 cm³/mol. The van der Waals surface area contributed by atoms with Crippen molar-refractivity contribution in [3.8, 4) is 5.88 Å². The molecule has 0 unspecified atom stereocenters. The molecule has 0 saturated carbocycles. The first-order chi connectivity index (χ1) is 10.3. The van der Waals surface area contributed by atoms with Crippen LogP contribution in [0.2, 0.25) is 16.6 Å². The van der Waals surface area contributed by atoms with Gasteiger partial charge in [0.05, 0.1) is 0 Å². The van der Waals surface area contributed by atoms with Crippen LogP contribution in [-0.4, -0.2) is 13.3 Å². The van der Waals surface area contributed by atoms with Gasteiger partial charge in [0.15, 0.2) is 0 Å². The van der Waals surface area contributed by atoms with E-state index < -0.39 is 8.32 Å². The lowest BCUT2D eigenvalue weighted by atomic mass is 10.2. The van der Waals surface area contributed by atoms with Gasteiger partial charge < -0.3 is 4.43 Å². The summed E-state index contributed by atoms with van der Waals surface area (Å²) in [5.41, 5.74) is 1.62. The number of fused-ring (bicyclic) bond motifs is 1. The Morgan fingerprint density at radius 1 is 0.955 bits per heavy atom. The van der Waals surface area contributed by atoms with E-state index >= 15 is 0 Å². The topological polar surface area (TPSA) is 22.1 Å². The molecular weight excluding hydrogens is 354 g/mol. The van der Waals surface area contributed by atoms with Crippen LogP contribution in [0.4, 0.5) is 0 Å². The molecule has 0 spiro atoms. The van der Waals surface area contributed by atoms with Gasteiger partial charge in [0.1, 0.15) is 4.60 Å². The molecular formula is C18H26BrNOSi. The van der Waals surface area contributed by atoms with Crippen molar-refractivity contribution in [2.75, 3.05) is 0 Å². The van der Waals surface area contributed by atoms with Crippen LogP contribution in [0.25, 0.3) is 10.8 Å². The maximum absolute atomic E-state index is 6.67. The average molecular weight is 380 g/mol. The maximum Gasteiger partial charge on any atom is 0.260 e. The highest BCUT2D eigenvalue weighted by Crippen LogP contribution is 2.43. The standard InChI is InChI=1S/C18H26BrNOSi/c1-12(2)22(13(3)4,14(5)6)21-17-11-15-9-7-8-10-16(15)18(19)20-17/h7-14H,1-6H3. The van der Waals surface area contributed by atoms with Gasteiger partial charge in [0, 0.05) is 11.5 Å². The first-order valence-electron chi connectivity index (χ1n) is 8.03. The van der Waals surface area contributed by atoms with Crippen molar-refractivity contribution < 1.29 is 4.43 Å². The first kappa shape index (κ1) is 17.5. The summed E-state index contributed by atoms with van der Waals surface area (Å²) >= 11 is 3.59. The number of hydrogen-bond donors (Lipinski definition) is 0. The van der Waals surface area contributed by atoms with Gasteiger partial charge in [0.2, 0.25) is 5.88 Å². The Hall–Kier alpha value is -0.873. The summed E-state index contributed by atoms with van der Waals surface area (Å²) in [5.74, 6) is 0.758. The van der Waals surface area contributed by atoms with Crippen molar-refractivity contribution in [1.82, 2.24) is 4.98 Å². The van der Waals surface area contributed by atoms with Gasteiger partial charge >= 0.3 is 0 Å². The Bertz CT molecular complexity index is 633. The molecule has 0 aliphatic rings. The molecule has 0 radical (unpaired) electrons. The van der Waals surface area contributed by atoms with Crippen molar-refractivity contribution in [1.29, 1.82) is 0 Å². The number of hydrogen-bond acceptors (Lipinski definition) is 2. The van der Waals surface area contributed by atoms with E-state index in [0.717, 1.165) is 15.9 Å². The quantitative estimate of drug-likeness (QED) is 0.433. The number of halogens is 1. The lowest BCUT2D eigenvalue weighted by Gasteiger charge is -2.41. The van der Waals surface area contributed by atoms with Gasteiger partial charge in [-0.2, -0.15) is 0 Å². The van der Waals surface area contributed by atoms with E-state index in [1.54, 1.807) is 0 Å². The molecule has 0 N–H and O–H groups in total. The fourth-order valence-electron chi connectivity index (χ4n) is 3.72. The number of aromatic nitrogens is 1. The van der Waals surface area contributed by atoms with Crippen LogP contribution >= 0.6 is 15.9 Å². The Labute approximate surface area is 143 Å². The summed E-state index contributed by atoms with van der Waals surface area (Å²) in [6.07, 6.45) is 0. The number of pyridine rings is 1. The SMILES string of the molecule is CC(C)[Si](Oc1cc2ccccc2c(Br)n1)(C(C)C)C(C)C. The third-order valence-electron chi connectivity index (χ3n) is 4.66. The summed E-state index contributed by atoms with van der Waals surface area (Å²) < 4.78 is 7.53. The number of rotatable bonds is 5. The normalized spacial score (nSPS) is 12.6. The van der Waals surface area contributed by atoms with Crippen molar-refractivity contribution in [3.63, 3.8) is 0 Å². The van der Waals surface area contributed by atoms with Gasteiger partial charge in [-0.15, -0.1) is 0 Å². The van der Waals surface area contributed by atoms with Crippen LogP contribution in [0.15, 0.2) is 34.9 Å². The third kappa shape index (κ3) is 3.09. The molecule has 1 aromatic carbocycles. The second kappa shape index (κ2) is 6.71. The Kier molecular flexibility index (Phi) is 5.33. The first-order valence-corrected chi connectivity index (χ1v) is 11.0. The van der Waals surface area contributed by atoms with E-state index in [-0.39, 0.29) is 0 Å². The summed E-state index contributed by atoms with van der Waals surface area (Å²) in [6.45, 7) is 13.8.